The van der Waals surface area contributed by atoms with Crippen molar-refractivity contribution in [1.82, 2.24) is 4.90 Å². The zero-order chi connectivity index (χ0) is 14.6. The second-order valence-electron chi connectivity index (χ2n) is 6.24. The number of carbonyl (C=O) groups is 2. The average molecular weight is 306 g/mol. The Hall–Kier alpha value is -1.55. The van der Waals surface area contributed by atoms with Gasteiger partial charge in [-0.2, -0.15) is 0 Å². The maximum absolute atomic E-state index is 12.3. The molecule has 1 amide bonds. The van der Waals surface area contributed by atoms with Crippen LogP contribution in [0.1, 0.15) is 49.5 Å². The molecule has 1 atom stereocenters. The standard InChI is InChI=1S/C16H16ClNO3/c17-11-5-4-10-9-16(6-2-1-3-7-16)18-13(19)15(20)21-14(18)12(10)8-11/h4-5,8,14H,1-3,6-7,9H2. The molecule has 5 heteroatoms. The summed E-state index contributed by atoms with van der Waals surface area (Å²) in [5, 5.41) is 0.601. The maximum atomic E-state index is 12.3. The third-order valence-electron chi connectivity index (χ3n) is 5.04. The molecule has 0 aromatic heterocycles. The van der Waals surface area contributed by atoms with E-state index >= 15 is 0 Å². The van der Waals surface area contributed by atoms with Crippen LogP contribution in [0, 0.1) is 0 Å². The van der Waals surface area contributed by atoms with E-state index in [0.29, 0.717) is 5.02 Å². The average Bonchev–Trinajstić information content (AvgIpc) is 2.78. The van der Waals surface area contributed by atoms with Crippen LogP contribution in [0.3, 0.4) is 0 Å². The van der Waals surface area contributed by atoms with Crippen LogP contribution in [0.5, 0.6) is 0 Å². The monoisotopic (exact) mass is 305 g/mol. The highest BCUT2D eigenvalue weighted by atomic mass is 35.5. The molecular formula is C16H16ClNO3. The SMILES string of the molecule is O=C1OC2c3cc(Cl)ccc3CC3(CCCCC3)N2C1=O. The van der Waals surface area contributed by atoms with E-state index in [-0.39, 0.29) is 5.54 Å². The minimum atomic E-state index is -0.738. The van der Waals surface area contributed by atoms with Crippen molar-refractivity contribution < 1.29 is 14.3 Å². The lowest BCUT2D eigenvalue weighted by molar-refractivity contribution is -0.149. The molecule has 1 saturated heterocycles. The molecule has 110 valence electrons. The van der Waals surface area contributed by atoms with Crippen molar-refractivity contribution in [1.29, 1.82) is 0 Å². The fourth-order valence-electron chi connectivity index (χ4n) is 4.10. The number of halogens is 1. The van der Waals surface area contributed by atoms with Crippen molar-refractivity contribution in [3.8, 4) is 0 Å². The first kappa shape index (κ1) is 13.1. The molecule has 0 bridgehead atoms. The summed E-state index contributed by atoms with van der Waals surface area (Å²) in [7, 11) is 0. The summed E-state index contributed by atoms with van der Waals surface area (Å²) >= 11 is 6.07. The lowest BCUT2D eigenvalue weighted by atomic mass is 9.72. The Labute approximate surface area is 128 Å². The van der Waals surface area contributed by atoms with Crippen molar-refractivity contribution in [2.45, 2.75) is 50.3 Å². The molecule has 0 N–H and O–H groups in total. The van der Waals surface area contributed by atoms with Crippen LogP contribution in [-0.2, 0) is 20.7 Å². The predicted molar refractivity (Wildman–Crippen MR) is 76.7 cm³/mol. The molecule has 3 aliphatic rings. The van der Waals surface area contributed by atoms with E-state index in [2.05, 4.69) is 0 Å². The van der Waals surface area contributed by atoms with Gasteiger partial charge in [-0.3, -0.25) is 9.69 Å². The first-order valence-corrected chi connectivity index (χ1v) is 7.81. The molecule has 1 aliphatic carbocycles. The van der Waals surface area contributed by atoms with Gasteiger partial charge in [-0.15, -0.1) is 0 Å². The highest BCUT2D eigenvalue weighted by Gasteiger charge is 2.55. The molecule has 1 aromatic carbocycles. The fourth-order valence-corrected chi connectivity index (χ4v) is 4.28. The Morgan fingerprint density at radius 2 is 1.95 bits per heavy atom. The van der Waals surface area contributed by atoms with Gasteiger partial charge in [0.2, 0.25) is 6.23 Å². The molecule has 21 heavy (non-hydrogen) atoms. The third kappa shape index (κ3) is 1.81. The van der Waals surface area contributed by atoms with Crippen LogP contribution in [0.4, 0.5) is 0 Å². The number of benzene rings is 1. The van der Waals surface area contributed by atoms with Gasteiger partial charge in [0.1, 0.15) is 0 Å². The van der Waals surface area contributed by atoms with E-state index in [0.717, 1.165) is 43.2 Å². The van der Waals surface area contributed by atoms with Gasteiger partial charge in [0.15, 0.2) is 0 Å². The van der Waals surface area contributed by atoms with Crippen LogP contribution in [0.2, 0.25) is 5.02 Å². The molecule has 2 aliphatic heterocycles. The number of esters is 1. The summed E-state index contributed by atoms with van der Waals surface area (Å²) in [6, 6.07) is 5.68. The van der Waals surface area contributed by atoms with E-state index in [1.165, 1.54) is 6.42 Å². The Bertz CT molecular complexity index is 636. The van der Waals surface area contributed by atoms with Crippen molar-refractivity contribution >= 4 is 23.5 Å². The third-order valence-corrected chi connectivity index (χ3v) is 5.27. The van der Waals surface area contributed by atoms with Crippen molar-refractivity contribution in [2.75, 3.05) is 0 Å². The van der Waals surface area contributed by atoms with Crippen LogP contribution in [0.25, 0.3) is 0 Å². The molecule has 1 aromatic rings. The number of hydrogen-bond donors (Lipinski definition) is 0. The van der Waals surface area contributed by atoms with Crippen molar-refractivity contribution in [3.63, 3.8) is 0 Å². The minimum absolute atomic E-state index is 0.257. The van der Waals surface area contributed by atoms with E-state index in [1.807, 2.05) is 18.2 Å². The number of hydrogen-bond acceptors (Lipinski definition) is 3. The zero-order valence-electron chi connectivity index (χ0n) is 11.6. The number of ether oxygens (including phenoxy) is 1. The Balaban J connectivity index is 1.87. The fraction of sp³-hybridized carbons (Fsp3) is 0.500. The normalized spacial score (nSPS) is 26.5. The molecule has 2 heterocycles. The van der Waals surface area contributed by atoms with E-state index in [1.54, 1.807) is 4.90 Å². The molecule has 4 rings (SSSR count). The van der Waals surface area contributed by atoms with E-state index < -0.39 is 18.1 Å². The van der Waals surface area contributed by atoms with Gasteiger partial charge < -0.3 is 4.74 Å². The molecule has 4 nitrogen and oxygen atoms in total. The summed E-state index contributed by atoms with van der Waals surface area (Å²) in [4.78, 5) is 25.8. The minimum Gasteiger partial charge on any atom is -0.430 e. The predicted octanol–water partition coefficient (Wildman–Crippen LogP) is 2.98. The molecule has 0 radical (unpaired) electrons. The number of carbonyl (C=O) groups excluding carboxylic acids is 2. The summed E-state index contributed by atoms with van der Waals surface area (Å²) < 4.78 is 5.37. The van der Waals surface area contributed by atoms with Crippen LogP contribution in [0.15, 0.2) is 18.2 Å². The van der Waals surface area contributed by atoms with Crippen LogP contribution >= 0.6 is 11.6 Å². The summed E-state index contributed by atoms with van der Waals surface area (Å²) in [6.07, 6.45) is 5.45. The van der Waals surface area contributed by atoms with Gasteiger partial charge in [0.25, 0.3) is 0 Å². The summed E-state index contributed by atoms with van der Waals surface area (Å²) in [5.74, 6) is -1.23. The van der Waals surface area contributed by atoms with Crippen molar-refractivity contribution in [2.24, 2.45) is 0 Å². The molecule has 1 spiro atoms. The molecular weight excluding hydrogens is 290 g/mol. The molecule has 1 unspecified atom stereocenters. The number of rotatable bonds is 0. The lowest BCUT2D eigenvalue weighted by Crippen LogP contribution is -2.56. The quantitative estimate of drug-likeness (QED) is 0.547. The van der Waals surface area contributed by atoms with Gasteiger partial charge in [-0.25, -0.2) is 4.79 Å². The van der Waals surface area contributed by atoms with E-state index in [4.69, 9.17) is 16.3 Å². The molecule has 2 fully saturated rings. The Morgan fingerprint density at radius 3 is 2.71 bits per heavy atom. The lowest BCUT2D eigenvalue weighted by Gasteiger charge is -2.49. The largest absolute Gasteiger partial charge is 0.430 e. The van der Waals surface area contributed by atoms with Gasteiger partial charge >= 0.3 is 11.9 Å². The smallest absolute Gasteiger partial charge is 0.399 e. The summed E-state index contributed by atoms with van der Waals surface area (Å²) in [6.45, 7) is 0. The van der Waals surface area contributed by atoms with Gasteiger partial charge in [-0.05, 0) is 37.0 Å². The number of amides is 1. The Kier molecular flexibility index (Phi) is 2.80. The van der Waals surface area contributed by atoms with Crippen molar-refractivity contribution in [3.05, 3.63) is 34.3 Å². The van der Waals surface area contributed by atoms with Gasteiger partial charge in [0, 0.05) is 10.6 Å². The Morgan fingerprint density at radius 1 is 1.19 bits per heavy atom. The van der Waals surface area contributed by atoms with Gasteiger partial charge in [-0.1, -0.05) is 36.9 Å². The second kappa shape index (κ2) is 4.47. The highest BCUT2D eigenvalue weighted by Crippen LogP contribution is 2.49. The number of nitrogens with zero attached hydrogens (tertiary/aromatic N) is 1. The van der Waals surface area contributed by atoms with E-state index in [9.17, 15) is 9.59 Å². The first-order chi connectivity index (χ1) is 10.1. The summed E-state index contributed by atoms with van der Waals surface area (Å²) in [5.41, 5.74) is 1.75. The van der Waals surface area contributed by atoms with Crippen LogP contribution in [-0.4, -0.2) is 22.3 Å². The first-order valence-electron chi connectivity index (χ1n) is 7.43. The zero-order valence-corrected chi connectivity index (χ0v) is 12.4. The highest BCUT2D eigenvalue weighted by molar-refractivity contribution is 6.34. The van der Waals surface area contributed by atoms with Crippen LogP contribution < -0.4 is 0 Å². The maximum Gasteiger partial charge on any atom is 0.399 e. The number of fused-ring (bicyclic) bond motifs is 4. The second-order valence-corrected chi connectivity index (χ2v) is 6.67. The topological polar surface area (TPSA) is 46.6 Å². The van der Waals surface area contributed by atoms with Gasteiger partial charge in [0.05, 0.1) is 5.54 Å². The molecule has 1 saturated carbocycles.